The predicted molar refractivity (Wildman–Crippen MR) is 66.6 cm³/mol. The van der Waals surface area contributed by atoms with Crippen LogP contribution in [0.1, 0.15) is 19.5 Å². The number of nitro groups is 1. The van der Waals surface area contributed by atoms with Crippen LogP contribution in [0.15, 0.2) is 11.6 Å². The second-order valence-corrected chi connectivity index (χ2v) is 4.73. The van der Waals surface area contributed by atoms with Crippen LogP contribution in [0.2, 0.25) is 0 Å². The summed E-state index contributed by atoms with van der Waals surface area (Å²) >= 11 is 1.41. The van der Waals surface area contributed by atoms with Crippen molar-refractivity contribution in [1.29, 1.82) is 0 Å². The van der Waals surface area contributed by atoms with E-state index in [9.17, 15) is 10.1 Å². The minimum absolute atomic E-state index is 0.0889. The second kappa shape index (κ2) is 4.80. The fourth-order valence-corrected chi connectivity index (χ4v) is 2.59. The third-order valence-electron chi connectivity index (χ3n) is 2.53. The first-order valence-electron chi connectivity index (χ1n) is 5.45. The Labute approximate surface area is 102 Å². The number of nitrogens with zero attached hydrogens (tertiary/aromatic N) is 3. The number of hydrogen-bond acceptors (Lipinski definition) is 5. The highest BCUT2D eigenvalue weighted by molar-refractivity contribution is 7.15. The zero-order chi connectivity index (χ0) is 12.4. The minimum atomic E-state index is -0.360. The number of aromatic nitrogens is 2. The van der Waals surface area contributed by atoms with E-state index in [4.69, 9.17) is 0 Å². The number of rotatable bonds is 5. The number of fused-ring (bicyclic) bond motifs is 1. The maximum atomic E-state index is 11.1. The van der Waals surface area contributed by atoms with E-state index in [1.165, 1.54) is 11.3 Å². The Morgan fingerprint density at radius 1 is 1.71 bits per heavy atom. The Morgan fingerprint density at radius 3 is 3.12 bits per heavy atom. The first kappa shape index (κ1) is 12.0. The van der Waals surface area contributed by atoms with Gasteiger partial charge in [-0.1, -0.05) is 18.3 Å². The molecule has 0 aromatic carbocycles. The van der Waals surface area contributed by atoms with E-state index in [1.807, 2.05) is 13.8 Å². The van der Waals surface area contributed by atoms with Gasteiger partial charge >= 0.3 is 5.82 Å². The van der Waals surface area contributed by atoms with Gasteiger partial charge in [0.05, 0.1) is 0 Å². The van der Waals surface area contributed by atoms with Crippen LogP contribution in [0.3, 0.4) is 0 Å². The molecule has 1 atom stereocenters. The highest BCUT2D eigenvalue weighted by atomic mass is 32.1. The fourth-order valence-electron chi connectivity index (χ4n) is 1.86. The van der Waals surface area contributed by atoms with E-state index in [0.29, 0.717) is 17.1 Å². The Bertz CT molecular complexity index is 533. The lowest BCUT2D eigenvalue weighted by molar-refractivity contribution is -0.391. The smallest absolute Gasteiger partial charge is 0.351 e. The Hall–Kier alpha value is -1.47. The zero-order valence-electron chi connectivity index (χ0n) is 9.71. The summed E-state index contributed by atoms with van der Waals surface area (Å²) in [6.45, 7) is 4.86. The maximum absolute atomic E-state index is 11.1. The summed E-state index contributed by atoms with van der Waals surface area (Å²) in [6, 6.07) is 0.184. The van der Waals surface area contributed by atoms with Gasteiger partial charge in [-0.05, 0) is 18.4 Å². The van der Waals surface area contributed by atoms with Crippen molar-refractivity contribution >= 4 is 22.1 Å². The SMILES string of the molecule is CCNC(C)Cc1nc2sccn2c1[N+](=O)[O-]. The van der Waals surface area contributed by atoms with Gasteiger partial charge in [-0.15, -0.1) is 0 Å². The van der Waals surface area contributed by atoms with E-state index >= 15 is 0 Å². The van der Waals surface area contributed by atoms with Gasteiger partial charge in [-0.2, -0.15) is 9.38 Å². The molecule has 2 heterocycles. The molecule has 0 aliphatic carbocycles. The van der Waals surface area contributed by atoms with Crippen LogP contribution in [-0.2, 0) is 6.42 Å². The van der Waals surface area contributed by atoms with Crippen LogP contribution in [0.25, 0.3) is 4.96 Å². The van der Waals surface area contributed by atoms with Crippen molar-refractivity contribution in [2.24, 2.45) is 0 Å². The normalized spacial score (nSPS) is 13.1. The molecule has 0 fully saturated rings. The maximum Gasteiger partial charge on any atom is 0.351 e. The van der Waals surface area contributed by atoms with Gasteiger partial charge in [0.15, 0.2) is 0 Å². The standard InChI is InChI=1S/C10H14N4O2S/c1-3-11-7(2)6-8-9(14(15)16)13-4-5-17-10(13)12-8/h4-5,7,11H,3,6H2,1-2H3. The molecule has 2 aromatic heterocycles. The fraction of sp³-hybridized carbons (Fsp3) is 0.500. The lowest BCUT2D eigenvalue weighted by atomic mass is 10.2. The summed E-state index contributed by atoms with van der Waals surface area (Å²) in [5, 5.41) is 16.1. The largest absolute Gasteiger partial charge is 0.358 e. The molecular formula is C10H14N4O2S. The van der Waals surface area contributed by atoms with Crippen molar-refractivity contribution in [3.05, 3.63) is 27.4 Å². The Balaban J connectivity index is 2.35. The van der Waals surface area contributed by atoms with Crippen molar-refractivity contribution in [2.45, 2.75) is 26.3 Å². The first-order chi connectivity index (χ1) is 8.13. The first-order valence-corrected chi connectivity index (χ1v) is 6.33. The van der Waals surface area contributed by atoms with Gasteiger partial charge in [0.25, 0.3) is 4.96 Å². The summed E-state index contributed by atoms with van der Waals surface area (Å²) in [5.74, 6) is 0.0889. The van der Waals surface area contributed by atoms with Crippen molar-refractivity contribution in [3.63, 3.8) is 0 Å². The lowest BCUT2D eigenvalue weighted by Crippen LogP contribution is -2.28. The third-order valence-corrected chi connectivity index (χ3v) is 3.29. The molecule has 1 N–H and O–H groups in total. The topological polar surface area (TPSA) is 72.5 Å². The molecule has 0 aliphatic heterocycles. The van der Waals surface area contributed by atoms with Gasteiger partial charge in [0.2, 0.25) is 0 Å². The molecular weight excluding hydrogens is 240 g/mol. The quantitative estimate of drug-likeness (QED) is 0.652. The van der Waals surface area contributed by atoms with Crippen molar-refractivity contribution in [1.82, 2.24) is 14.7 Å². The number of nitrogens with one attached hydrogen (secondary N) is 1. The van der Waals surface area contributed by atoms with Crippen LogP contribution >= 0.6 is 11.3 Å². The summed E-state index contributed by atoms with van der Waals surface area (Å²) in [6.07, 6.45) is 2.26. The van der Waals surface area contributed by atoms with E-state index in [1.54, 1.807) is 16.0 Å². The van der Waals surface area contributed by atoms with E-state index in [-0.39, 0.29) is 16.8 Å². The summed E-state index contributed by atoms with van der Waals surface area (Å²) in [4.78, 5) is 15.7. The van der Waals surface area contributed by atoms with E-state index in [0.717, 1.165) is 6.54 Å². The van der Waals surface area contributed by atoms with Crippen molar-refractivity contribution in [2.75, 3.05) is 6.54 Å². The van der Waals surface area contributed by atoms with Gasteiger partial charge in [-0.3, -0.25) is 0 Å². The molecule has 17 heavy (non-hydrogen) atoms. The number of imidazole rings is 1. The average Bonchev–Trinajstić information content (AvgIpc) is 2.76. The van der Waals surface area contributed by atoms with Crippen molar-refractivity contribution in [3.8, 4) is 0 Å². The molecule has 7 heteroatoms. The average molecular weight is 254 g/mol. The molecule has 0 amide bonds. The molecule has 1 unspecified atom stereocenters. The zero-order valence-corrected chi connectivity index (χ0v) is 10.5. The lowest BCUT2D eigenvalue weighted by Gasteiger charge is -2.09. The predicted octanol–water partition coefficient (Wildman–Crippen LogP) is 1.84. The number of hydrogen-bond donors (Lipinski definition) is 1. The van der Waals surface area contributed by atoms with Crippen LogP contribution < -0.4 is 5.32 Å². The van der Waals surface area contributed by atoms with Gasteiger partial charge in [0, 0.05) is 17.8 Å². The highest BCUT2D eigenvalue weighted by Gasteiger charge is 2.24. The molecule has 0 spiro atoms. The molecule has 0 aliphatic rings. The van der Waals surface area contributed by atoms with Crippen LogP contribution in [0, 0.1) is 10.1 Å². The molecule has 2 aromatic rings. The minimum Gasteiger partial charge on any atom is -0.358 e. The second-order valence-electron chi connectivity index (χ2n) is 3.86. The van der Waals surface area contributed by atoms with Crippen LogP contribution in [-0.4, -0.2) is 26.9 Å². The Morgan fingerprint density at radius 2 is 2.47 bits per heavy atom. The summed E-state index contributed by atoms with van der Waals surface area (Å²) in [7, 11) is 0. The molecule has 0 bridgehead atoms. The van der Waals surface area contributed by atoms with Gasteiger partial charge < -0.3 is 15.4 Å². The molecule has 0 saturated heterocycles. The van der Waals surface area contributed by atoms with Crippen LogP contribution in [0.5, 0.6) is 0 Å². The number of likely N-dealkylation sites (N-methyl/N-ethyl adjacent to an activating group) is 1. The van der Waals surface area contributed by atoms with E-state index in [2.05, 4.69) is 10.3 Å². The third kappa shape index (κ3) is 2.29. The molecule has 92 valence electrons. The molecule has 6 nitrogen and oxygen atoms in total. The Kier molecular flexibility index (Phi) is 3.39. The van der Waals surface area contributed by atoms with Crippen LogP contribution in [0.4, 0.5) is 5.82 Å². The van der Waals surface area contributed by atoms with E-state index < -0.39 is 0 Å². The monoisotopic (exact) mass is 254 g/mol. The summed E-state index contributed by atoms with van der Waals surface area (Å²) < 4.78 is 1.54. The summed E-state index contributed by atoms with van der Waals surface area (Å²) in [5.41, 5.74) is 0.551. The highest BCUT2D eigenvalue weighted by Crippen LogP contribution is 2.24. The number of thiazole rings is 1. The van der Waals surface area contributed by atoms with Gasteiger partial charge in [-0.25, -0.2) is 0 Å². The van der Waals surface area contributed by atoms with Gasteiger partial charge in [0.1, 0.15) is 11.9 Å². The molecule has 2 rings (SSSR count). The molecule has 0 radical (unpaired) electrons. The molecule has 0 saturated carbocycles. The van der Waals surface area contributed by atoms with Crippen molar-refractivity contribution < 1.29 is 4.92 Å².